The van der Waals surface area contributed by atoms with Crippen molar-refractivity contribution in [3.05, 3.63) is 21.9 Å². The number of aryl methyl sites for hydroxylation is 1. The van der Waals surface area contributed by atoms with Gasteiger partial charge in [-0.3, -0.25) is 0 Å². The van der Waals surface area contributed by atoms with Crippen LogP contribution in [-0.4, -0.2) is 0 Å². The van der Waals surface area contributed by atoms with E-state index in [1.165, 1.54) is 23.3 Å². The van der Waals surface area contributed by atoms with Crippen LogP contribution in [0, 0.1) is 12.3 Å². The Kier molecular flexibility index (Phi) is 2.68. The molecule has 1 saturated carbocycles. The number of rotatable bonds is 1. The second kappa shape index (κ2) is 3.60. The summed E-state index contributed by atoms with van der Waals surface area (Å²) in [4.78, 5) is 1.40. The van der Waals surface area contributed by atoms with Gasteiger partial charge in [-0.1, -0.05) is 13.8 Å². The number of nitrogens with two attached hydrogens (primary N) is 1. The summed E-state index contributed by atoms with van der Waals surface area (Å²) < 4.78 is 0. The third-order valence-electron chi connectivity index (χ3n) is 3.89. The monoisotopic (exact) mass is 223 g/mol. The molecule has 2 N–H and O–H groups in total. The molecule has 0 saturated heterocycles. The molecule has 15 heavy (non-hydrogen) atoms. The first-order chi connectivity index (χ1) is 6.93. The van der Waals surface area contributed by atoms with Crippen LogP contribution in [0.4, 0.5) is 0 Å². The Hall–Kier alpha value is -0.340. The highest BCUT2D eigenvalue weighted by molar-refractivity contribution is 7.10. The van der Waals surface area contributed by atoms with Crippen molar-refractivity contribution in [2.24, 2.45) is 11.1 Å². The van der Waals surface area contributed by atoms with Crippen molar-refractivity contribution < 1.29 is 0 Å². The van der Waals surface area contributed by atoms with E-state index in [2.05, 4.69) is 32.2 Å². The van der Waals surface area contributed by atoms with E-state index in [1.54, 1.807) is 0 Å². The van der Waals surface area contributed by atoms with Crippen molar-refractivity contribution in [3.63, 3.8) is 0 Å². The molecule has 1 aliphatic carbocycles. The summed E-state index contributed by atoms with van der Waals surface area (Å²) in [6.45, 7) is 6.90. The van der Waals surface area contributed by atoms with Gasteiger partial charge in [-0.2, -0.15) is 0 Å². The molecule has 0 aromatic carbocycles. The van der Waals surface area contributed by atoms with E-state index in [0.29, 0.717) is 5.41 Å². The van der Waals surface area contributed by atoms with Crippen molar-refractivity contribution in [3.8, 4) is 0 Å². The molecule has 2 heteroatoms. The molecule has 0 spiro atoms. The maximum atomic E-state index is 6.55. The minimum Gasteiger partial charge on any atom is -0.321 e. The molecule has 1 aromatic heterocycles. The lowest BCUT2D eigenvalue weighted by atomic mass is 9.67. The van der Waals surface area contributed by atoms with Crippen LogP contribution in [-0.2, 0) is 5.54 Å². The van der Waals surface area contributed by atoms with E-state index in [4.69, 9.17) is 5.73 Å². The highest BCUT2D eigenvalue weighted by atomic mass is 32.1. The van der Waals surface area contributed by atoms with Crippen molar-refractivity contribution in [1.29, 1.82) is 0 Å². The number of hydrogen-bond donors (Lipinski definition) is 1. The van der Waals surface area contributed by atoms with Gasteiger partial charge < -0.3 is 5.73 Å². The second-order valence-corrected chi connectivity index (χ2v) is 6.83. The third kappa shape index (κ3) is 2.11. The van der Waals surface area contributed by atoms with Crippen molar-refractivity contribution >= 4 is 11.3 Å². The lowest BCUT2D eigenvalue weighted by Crippen LogP contribution is -2.42. The molecule has 0 atom stereocenters. The zero-order valence-corrected chi connectivity index (χ0v) is 10.8. The van der Waals surface area contributed by atoms with Crippen LogP contribution >= 0.6 is 11.3 Å². The smallest absolute Gasteiger partial charge is 0.0421 e. The van der Waals surface area contributed by atoms with E-state index in [0.717, 1.165) is 12.8 Å². The molecule has 0 aliphatic heterocycles. The van der Waals surface area contributed by atoms with Crippen molar-refractivity contribution in [2.75, 3.05) is 0 Å². The Morgan fingerprint density at radius 3 is 2.27 bits per heavy atom. The number of thiophene rings is 1. The first-order valence-corrected chi connectivity index (χ1v) is 6.64. The highest BCUT2D eigenvalue weighted by Gasteiger charge is 2.37. The molecule has 0 bridgehead atoms. The van der Waals surface area contributed by atoms with E-state index in [-0.39, 0.29) is 5.54 Å². The molecule has 0 amide bonds. The van der Waals surface area contributed by atoms with Crippen LogP contribution in [0.1, 0.15) is 50.0 Å². The Morgan fingerprint density at radius 2 is 1.80 bits per heavy atom. The average molecular weight is 223 g/mol. The Balaban J connectivity index is 2.20. The van der Waals surface area contributed by atoms with E-state index < -0.39 is 0 Å². The first-order valence-electron chi connectivity index (χ1n) is 5.76. The average Bonchev–Trinajstić information content (AvgIpc) is 2.58. The van der Waals surface area contributed by atoms with Gasteiger partial charge >= 0.3 is 0 Å². The molecule has 2 rings (SSSR count). The van der Waals surface area contributed by atoms with Gasteiger partial charge in [0.05, 0.1) is 0 Å². The molecule has 1 fully saturated rings. The maximum absolute atomic E-state index is 6.55. The summed E-state index contributed by atoms with van der Waals surface area (Å²) >= 11 is 1.82. The van der Waals surface area contributed by atoms with Crippen molar-refractivity contribution in [1.82, 2.24) is 0 Å². The molecule has 1 nitrogen and oxygen atoms in total. The van der Waals surface area contributed by atoms with Crippen molar-refractivity contribution in [2.45, 2.75) is 52.0 Å². The van der Waals surface area contributed by atoms with Crippen LogP contribution in [0.2, 0.25) is 0 Å². The highest BCUT2D eigenvalue weighted by Crippen LogP contribution is 2.45. The largest absolute Gasteiger partial charge is 0.321 e. The molecule has 84 valence electrons. The SMILES string of the molecule is Cc1sccc1C1(N)CCC(C)(C)CC1. The van der Waals surface area contributed by atoms with Crippen LogP contribution in [0.15, 0.2) is 11.4 Å². The van der Waals surface area contributed by atoms with Gasteiger partial charge in [-0.15, -0.1) is 11.3 Å². The normalized spacial score (nSPS) is 24.0. The second-order valence-electron chi connectivity index (χ2n) is 5.71. The van der Waals surface area contributed by atoms with Gasteiger partial charge in [0.2, 0.25) is 0 Å². The molecule has 1 aliphatic rings. The standard InChI is InChI=1S/C13H21NS/c1-10-11(4-9-15-10)13(14)7-5-12(2,3)6-8-13/h4,9H,5-8,14H2,1-3H3. The Morgan fingerprint density at radius 1 is 1.20 bits per heavy atom. The lowest BCUT2D eigenvalue weighted by molar-refractivity contribution is 0.165. The van der Waals surface area contributed by atoms with Gasteiger partial charge in [0, 0.05) is 10.4 Å². The fourth-order valence-electron chi connectivity index (χ4n) is 2.54. The quantitative estimate of drug-likeness (QED) is 0.769. The molecule has 1 aromatic rings. The van der Waals surface area contributed by atoms with Crippen LogP contribution < -0.4 is 5.73 Å². The first kappa shape index (κ1) is 11.2. The van der Waals surface area contributed by atoms with E-state index in [1.807, 2.05) is 11.3 Å². The molecule has 1 heterocycles. The fraction of sp³-hybridized carbons (Fsp3) is 0.692. The summed E-state index contributed by atoms with van der Waals surface area (Å²) in [5.74, 6) is 0. The predicted molar refractivity (Wildman–Crippen MR) is 67.2 cm³/mol. The maximum Gasteiger partial charge on any atom is 0.0421 e. The zero-order valence-electron chi connectivity index (χ0n) is 9.97. The lowest BCUT2D eigenvalue weighted by Gasteiger charge is -2.41. The van der Waals surface area contributed by atoms with Crippen LogP contribution in [0.25, 0.3) is 0 Å². The van der Waals surface area contributed by atoms with Gasteiger partial charge in [0.25, 0.3) is 0 Å². The summed E-state index contributed by atoms with van der Waals surface area (Å²) in [6, 6.07) is 2.22. The minimum atomic E-state index is -0.0421. The molecule has 0 radical (unpaired) electrons. The van der Waals surface area contributed by atoms with Gasteiger partial charge in [-0.05, 0) is 55.0 Å². The fourth-order valence-corrected chi connectivity index (χ4v) is 3.35. The molecular weight excluding hydrogens is 202 g/mol. The summed E-state index contributed by atoms with van der Waals surface area (Å²) in [5, 5.41) is 2.17. The molecule has 0 unspecified atom stereocenters. The van der Waals surface area contributed by atoms with Crippen LogP contribution in [0.3, 0.4) is 0 Å². The van der Waals surface area contributed by atoms with Gasteiger partial charge in [-0.25, -0.2) is 0 Å². The topological polar surface area (TPSA) is 26.0 Å². The van der Waals surface area contributed by atoms with E-state index >= 15 is 0 Å². The third-order valence-corrected chi connectivity index (χ3v) is 4.74. The summed E-state index contributed by atoms with van der Waals surface area (Å²) in [6.07, 6.45) is 4.77. The number of hydrogen-bond acceptors (Lipinski definition) is 2. The van der Waals surface area contributed by atoms with Gasteiger partial charge in [0.15, 0.2) is 0 Å². The summed E-state index contributed by atoms with van der Waals surface area (Å²) in [5.41, 5.74) is 8.40. The zero-order chi connectivity index (χ0) is 11.1. The Labute approximate surface area is 96.7 Å². The van der Waals surface area contributed by atoms with Crippen LogP contribution in [0.5, 0.6) is 0 Å². The van der Waals surface area contributed by atoms with E-state index in [9.17, 15) is 0 Å². The molecular formula is C13H21NS. The predicted octanol–water partition coefficient (Wildman–Crippen LogP) is 3.81. The minimum absolute atomic E-state index is 0.0421. The van der Waals surface area contributed by atoms with Gasteiger partial charge in [0.1, 0.15) is 0 Å². The Bertz CT molecular complexity index is 341. The summed E-state index contributed by atoms with van der Waals surface area (Å²) in [7, 11) is 0.